The minimum Gasteiger partial charge on any atom is -0.309 e. The van der Waals surface area contributed by atoms with Gasteiger partial charge in [-0.05, 0) is 77.9 Å². The molecule has 51 heavy (non-hydrogen) atoms. The van der Waals surface area contributed by atoms with Crippen LogP contribution in [0.25, 0.3) is 93.6 Å². The molecule has 3 heterocycles. The van der Waals surface area contributed by atoms with Gasteiger partial charge in [-0.2, -0.15) is 0 Å². The van der Waals surface area contributed by atoms with E-state index in [1.165, 1.54) is 82.2 Å². The molecular weight excluding hydrogens is 619 g/mol. The van der Waals surface area contributed by atoms with Gasteiger partial charge in [0.1, 0.15) is 0 Å². The zero-order chi connectivity index (χ0) is 33.5. The molecule has 0 aliphatic rings. The maximum absolute atomic E-state index is 2.48. The van der Waals surface area contributed by atoms with E-state index in [-0.39, 0.29) is 0 Å². The van der Waals surface area contributed by atoms with Crippen molar-refractivity contribution in [1.29, 1.82) is 0 Å². The monoisotopic (exact) mass is 649 g/mol. The van der Waals surface area contributed by atoms with E-state index in [1.807, 2.05) is 0 Å². The van der Waals surface area contributed by atoms with E-state index in [9.17, 15) is 0 Å². The zero-order valence-electron chi connectivity index (χ0n) is 27.7. The predicted octanol–water partition coefficient (Wildman–Crippen LogP) is 12.6. The molecule has 0 amide bonds. The molecule has 238 valence electrons. The second-order valence-electron chi connectivity index (χ2n) is 13.4. The van der Waals surface area contributed by atoms with Gasteiger partial charge in [0.2, 0.25) is 0 Å². The summed E-state index contributed by atoms with van der Waals surface area (Å²) in [5.74, 6) is 0. The molecule has 0 N–H and O–H groups in total. The number of nitrogens with zero attached hydrogens (tertiary/aromatic N) is 3. The van der Waals surface area contributed by atoms with Crippen molar-refractivity contribution in [3.63, 3.8) is 0 Å². The zero-order valence-corrected chi connectivity index (χ0v) is 27.7. The summed E-state index contributed by atoms with van der Waals surface area (Å²) < 4.78 is 7.32. The van der Waals surface area contributed by atoms with Crippen molar-refractivity contribution in [1.82, 2.24) is 13.7 Å². The van der Waals surface area contributed by atoms with Crippen molar-refractivity contribution >= 4 is 65.4 Å². The molecule has 11 rings (SSSR count). The predicted molar refractivity (Wildman–Crippen MR) is 215 cm³/mol. The van der Waals surface area contributed by atoms with Gasteiger partial charge in [0.15, 0.2) is 0 Å². The lowest BCUT2D eigenvalue weighted by molar-refractivity contribution is 1.16. The normalized spacial score (nSPS) is 11.9. The van der Waals surface area contributed by atoms with E-state index < -0.39 is 0 Å². The Morgan fingerprint density at radius 2 is 0.765 bits per heavy atom. The van der Waals surface area contributed by atoms with Crippen molar-refractivity contribution in [3.05, 3.63) is 188 Å². The van der Waals surface area contributed by atoms with Crippen molar-refractivity contribution in [2.75, 3.05) is 0 Å². The summed E-state index contributed by atoms with van der Waals surface area (Å²) >= 11 is 0. The van der Waals surface area contributed by atoms with Crippen LogP contribution in [0.15, 0.2) is 188 Å². The molecule has 0 saturated carbocycles. The Bertz CT molecular complexity index is 3120. The quantitative estimate of drug-likeness (QED) is 0.180. The van der Waals surface area contributed by atoms with Crippen LogP contribution in [-0.2, 0) is 0 Å². The van der Waals surface area contributed by atoms with Gasteiger partial charge in [0.25, 0.3) is 0 Å². The van der Waals surface area contributed by atoms with Crippen LogP contribution in [0.4, 0.5) is 0 Å². The number of fused-ring (bicyclic) bond motifs is 10. The average Bonchev–Trinajstić information content (AvgIpc) is 3.84. The Hall–Kier alpha value is -6.84. The fraction of sp³-hybridized carbons (Fsp3) is 0. The van der Waals surface area contributed by atoms with E-state index in [0.29, 0.717) is 0 Å². The van der Waals surface area contributed by atoms with E-state index in [0.717, 1.165) is 11.4 Å². The highest BCUT2D eigenvalue weighted by molar-refractivity contribution is 6.26. The lowest BCUT2D eigenvalue weighted by Crippen LogP contribution is -1.96. The molecule has 0 unspecified atom stereocenters. The third kappa shape index (κ3) is 4.06. The second kappa shape index (κ2) is 10.8. The molecule has 11 aromatic rings. The SMILES string of the molecule is c1ccc(-c2cccc(-n3c4ccccc4c4ccc5c(c6ccccc6n5-c5ccc6c(c5)c5ccccc5n6-c5ccccc5)c43)c2)cc1. The lowest BCUT2D eigenvalue weighted by Gasteiger charge is -2.12. The highest BCUT2D eigenvalue weighted by atomic mass is 15.0. The van der Waals surface area contributed by atoms with Crippen LogP contribution in [0.5, 0.6) is 0 Å². The number of hydrogen-bond donors (Lipinski definition) is 0. The molecule has 0 spiro atoms. The highest BCUT2D eigenvalue weighted by Gasteiger charge is 2.22. The van der Waals surface area contributed by atoms with Crippen molar-refractivity contribution in [2.45, 2.75) is 0 Å². The van der Waals surface area contributed by atoms with E-state index in [2.05, 4.69) is 202 Å². The first-order chi connectivity index (χ1) is 25.3. The minimum absolute atomic E-state index is 1.15. The average molecular weight is 650 g/mol. The largest absolute Gasteiger partial charge is 0.309 e. The summed E-state index contributed by atoms with van der Waals surface area (Å²) in [6.07, 6.45) is 0. The third-order valence-electron chi connectivity index (χ3n) is 10.6. The third-order valence-corrected chi connectivity index (χ3v) is 10.6. The van der Waals surface area contributed by atoms with Crippen LogP contribution in [0.1, 0.15) is 0 Å². The molecular formula is C48H31N3. The summed E-state index contributed by atoms with van der Waals surface area (Å²) in [7, 11) is 0. The molecule has 0 bridgehead atoms. The molecule has 0 radical (unpaired) electrons. The lowest BCUT2D eigenvalue weighted by atomic mass is 10.0. The summed E-state index contributed by atoms with van der Waals surface area (Å²) in [5.41, 5.74) is 13.1. The molecule has 0 aliphatic carbocycles. The molecule has 0 atom stereocenters. The van der Waals surface area contributed by atoms with E-state index in [4.69, 9.17) is 0 Å². The number of rotatable bonds is 4. The Balaban J connectivity index is 1.23. The van der Waals surface area contributed by atoms with Crippen molar-refractivity contribution < 1.29 is 0 Å². The van der Waals surface area contributed by atoms with Crippen LogP contribution in [-0.4, -0.2) is 13.7 Å². The second-order valence-corrected chi connectivity index (χ2v) is 13.4. The van der Waals surface area contributed by atoms with Crippen LogP contribution < -0.4 is 0 Å². The van der Waals surface area contributed by atoms with Crippen LogP contribution in [0.2, 0.25) is 0 Å². The molecule has 8 aromatic carbocycles. The van der Waals surface area contributed by atoms with Crippen molar-refractivity contribution in [2.24, 2.45) is 0 Å². The molecule has 0 saturated heterocycles. The summed E-state index contributed by atoms with van der Waals surface area (Å²) in [5, 5.41) is 7.51. The van der Waals surface area contributed by atoms with Crippen LogP contribution in [0, 0.1) is 0 Å². The molecule has 0 aliphatic heterocycles. The first kappa shape index (κ1) is 28.0. The number of benzene rings is 8. The van der Waals surface area contributed by atoms with Gasteiger partial charge in [0.05, 0.1) is 33.1 Å². The maximum atomic E-state index is 2.48. The molecule has 3 heteroatoms. The molecule has 0 fully saturated rings. The van der Waals surface area contributed by atoms with Gasteiger partial charge >= 0.3 is 0 Å². The number of aromatic nitrogens is 3. The van der Waals surface area contributed by atoms with Crippen molar-refractivity contribution in [3.8, 4) is 28.2 Å². The van der Waals surface area contributed by atoms with E-state index >= 15 is 0 Å². The Kier molecular flexibility index (Phi) is 5.96. The Labute approximate surface area is 294 Å². The fourth-order valence-corrected chi connectivity index (χ4v) is 8.47. The fourth-order valence-electron chi connectivity index (χ4n) is 8.47. The van der Waals surface area contributed by atoms with Crippen LogP contribution in [0.3, 0.4) is 0 Å². The van der Waals surface area contributed by atoms with Crippen LogP contribution >= 0.6 is 0 Å². The number of para-hydroxylation sites is 4. The standard InChI is InChI=1S/C48H31N3/c1-3-14-32(15-4-1)33-16-13-19-35(30-33)51-43-24-11-7-20-37(43)39-27-29-46-47(48(39)51)40-22-9-12-25-44(40)50(46)36-26-28-45-41(31-36)38-21-8-10-23-42(38)49(45)34-17-5-2-6-18-34/h1-31H. The van der Waals surface area contributed by atoms with Gasteiger partial charge in [-0.25, -0.2) is 0 Å². The smallest absolute Gasteiger partial charge is 0.0641 e. The van der Waals surface area contributed by atoms with Gasteiger partial charge < -0.3 is 13.7 Å². The first-order valence-electron chi connectivity index (χ1n) is 17.5. The minimum atomic E-state index is 1.15. The topological polar surface area (TPSA) is 14.8 Å². The first-order valence-corrected chi connectivity index (χ1v) is 17.5. The molecule has 3 nitrogen and oxygen atoms in total. The van der Waals surface area contributed by atoms with E-state index in [1.54, 1.807) is 0 Å². The van der Waals surface area contributed by atoms with Gasteiger partial charge in [-0.3, -0.25) is 0 Å². The van der Waals surface area contributed by atoms with Gasteiger partial charge in [-0.1, -0.05) is 121 Å². The Morgan fingerprint density at radius 1 is 0.255 bits per heavy atom. The van der Waals surface area contributed by atoms with Gasteiger partial charge in [-0.15, -0.1) is 0 Å². The summed E-state index contributed by atoms with van der Waals surface area (Å²) in [4.78, 5) is 0. The van der Waals surface area contributed by atoms with Gasteiger partial charge in [0, 0.05) is 49.4 Å². The highest BCUT2D eigenvalue weighted by Crippen LogP contribution is 2.43. The number of hydrogen-bond acceptors (Lipinski definition) is 0. The molecule has 3 aromatic heterocycles. The summed E-state index contributed by atoms with van der Waals surface area (Å²) in [6, 6.07) is 68.4. The Morgan fingerprint density at radius 3 is 1.53 bits per heavy atom. The summed E-state index contributed by atoms with van der Waals surface area (Å²) in [6.45, 7) is 0. The maximum Gasteiger partial charge on any atom is 0.0641 e.